The molecule has 1 atom stereocenters. The number of hydrogen-bond acceptors (Lipinski definition) is 5. The molecule has 1 aromatic heterocycles. The summed E-state index contributed by atoms with van der Waals surface area (Å²) < 4.78 is 10.4. The number of aromatic nitrogens is 1. The first-order valence-corrected chi connectivity index (χ1v) is 8.60. The fourth-order valence-corrected chi connectivity index (χ4v) is 2.68. The van der Waals surface area contributed by atoms with Gasteiger partial charge in [-0.1, -0.05) is 35.5 Å². The number of nitrogens with zero attached hydrogens (tertiary/aromatic N) is 2. The maximum Gasteiger partial charge on any atom is 0.344 e. The van der Waals surface area contributed by atoms with Crippen LogP contribution >= 0.6 is 0 Å². The van der Waals surface area contributed by atoms with Crippen molar-refractivity contribution in [1.82, 2.24) is 10.1 Å². The van der Waals surface area contributed by atoms with Gasteiger partial charge in [0.05, 0.1) is 5.69 Å². The number of esters is 1. The van der Waals surface area contributed by atoms with Gasteiger partial charge in [0.2, 0.25) is 0 Å². The topological polar surface area (TPSA) is 72.6 Å². The molecule has 0 fully saturated rings. The number of rotatable bonds is 5. The minimum Gasteiger partial charge on any atom is -0.449 e. The van der Waals surface area contributed by atoms with Crippen molar-refractivity contribution in [2.75, 3.05) is 0 Å². The molecule has 6 nitrogen and oxygen atoms in total. The molecule has 1 heterocycles. The first-order valence-electron chi connectivity index (χ1n) is 8.60. The minimum atomic E-state index is -0.917. The van der Waals surface area contributed by atoms with Crippen LogP contribution in [-0.4, -0.2) is 33.6 Å². The highest BCUT2D eigenvalue weighted by Crippen LogP contribution is 2.21. The van der Waals surface area contributed by atoms with Crippen molar-refractivity contribution in [3.63, 3.8) is 0 Å². The molecule has 0 radical (unpaired) electrons. The van der Waals surface area contributed by atoms with Gasteiger partial charge in [0.15, 0.2) is 6.10 Å². The van der Waals surface area contributed by atoms with Crippen LogP contribution in [0.15, 0.2) is 34.9 Å². The number of ether oxygens (including phenoxy) is 1. The van der Waals surface area contributed by atoms with Gasteiger partial charge in [-0.2, -0.15) is 0 Å². The van der Waals surface area contributed by atoms with Gasteiger partial charge in [-0.15, -0.1) is 0 Å². The summed E-state index contributed by atoms with van der Waals surface area (Å²) in [6, 6.07) is 9.73. The largest absolute Gasteiger partial charge is 0.449 e. The molecule has 0 aliphatic carbocycles. The molecular formula is C20H26N2O4. The third kappa shape index (κ3) is 4.50. The summed E-state index contributed by atoms with van der Waals surface area (Å²) in [6.07, 6.45) is -0.917. The predicted molar refractivity (Wildman–Crippen MR) is 97.6 cm³/mol. The summed E-state index contributed by atoms with van der Waals surface area (Å²) in [5.41, 5.74) is 1.32. The third-order valence-electron chi connectivity index (χ3n) is 4.13. The van der Waals surface area contributed by atoms with Crippen molar-refractivity contribution >= 4 is 11.9 Å². The highest BCUT2D eigenvalue weighted by atomic mass is 16.5. The van der Waals surface area contributed by atoms with E-state index in [1.165, 1.54) is 0 Å². The van der Waals surface area contributed by atoms with Crippen LogP contribution in [-0.2, 0) is 16.1 Å². The number of benzene rings is 1. The zero-order chi connectivity index (χ0) is 19.5. The Balaban J connectivity index is 2.16. The van der Waals surface area contributed by atoms with E-state index in [1.807, 2.05) is 51.1 Å². The van der Waals surface area contributed by atoms with Crippen molar-refractivity contribution in [3.05, 3.63) is 52.9 Å². The van der Waals surface area contributed by atoms with Crippen LogP contribution in [0, 0.1) is 13.8 Å². The highest BCUT2D eigenvalue weighted by molar-refractivity contribution is 5.94. The lowest BCUT2D eigenvalue weighted by atomic mass is 10.0. The standard InChI is InChI=1S/C20H26N2O4/c1-13-17(14(2)26-21-13)19(24)25-15(3)18(23)22(20(4,5)6)12-16-10-8-7-9-11-16/h7-11,15H,12H2,1-6H3/t15-/m1/s1. The third-order valence-corrected chi connectivity index (χ3v) is 4.13. The van der Waals surface area contributed by atoms with Gasteiger partial charge in [0.25, 0.3) is 5.91 Å². The van der Waals surface area contributed by atoms with Crippen LogP contribution in [0.25, 0.3) is 0 Å². The lowest BCUT2D eigenvalue weighted by molar-refractivity contribution is -0.145. The van der Waals surface area contributed by atoms with Crippen molar-refractivity contribution in [2.45, 2.75) is 59.7 Å². The fraction of sp³-hybridized carbons (Fsp3) is 0.450. The van der Waals surface area contributed by atoms with Crippen molar-refractivity contribution < 1.29 is 18.8 Å². The predicted octanol–water partition coefficient (Wildman–Crippen LogP) is 3.66. The van der Waals surface area contributed by atoms with Gasteiger partial charge in [-0.05, 0) is 47.1 Å². The van der Waals surface area contributed by atoms with Crippen LogP contribution < -0.4 is 0 Å². The normalized spacial score (nSPS) is 12.5. The Morgan fingerprint density at radius 1 is 1.19 bits per heavy atom. The van der Waals surface area contributed by atoms with Gasteiger partial charge >= 0.3 is 5.97 Å². The van der Waals surface area contributed by atoms with Gasteiger partial charge in [-0.25, -0.2) is 4.79 Å². The number of hydrogen-bond donors (Lipinski definition) is 0. The number of amides is 1. The van der Waals surface area contributed by atoms with Crippen LogP contribution in [0.3, 0.4) is 0 Å². The van der Waals surface area contributed by atoms with Crippen molar-refractivity contribution in [1.29, 1.82) is 0 Å². The van der Waals surface area contributed by atoms with Crippen LogP contribution in [0.4, 0.5) is 0 Å². The van der Waals surface area contributed by atoms with E-state index in [4.69, 9.17) is 9.26 Å². The second-order valence-electron chi connectivity index (χ2n) is 7.33. The summed E-state index contributed by atoms with van der Waals surface area (Å²) >= 11 is 0. The van der Waals surface area contributed by atoms with Crippen molar-refractivity contribution in [3.8, 4) is 0 Å². The van der Waals surface area contributed by atoms with E-state index in [0.29, 0.717) is 18.0 Å². The summed E-state index contributed by atoms with van der Waals surface area (Å²) in [7, 11) is 0. The van der Waals surface area contributed by atoms with E-state index >= 15 is 0 Å². The molecular weight excluding hydrogens is 332 g/mol. The zero-order valence-electron chi connectivity index (χ0n) is 16.2. The fourth-order valence-electron chi connectivity index (χ4n) is 2.68. The average molecular weight is 358 g/mol. The molecule has 0 aliphatic rings. The summed E-state index contributed by atoms with van der Waals surface area (Å²) in [5.74, 6) is -0.471. The number of carbonyl (C=O) groups excluding carboxylic acids is 2. The Bertz CT molecular complexity index is 755. The molecule has 1 amide bonds. The molecule has 2 aromatic rings. The van der Waals surface area contributed by atoms with Crippen LogP contribution in [0.5, 0.6) is 0 Å². The summed E-state index contributed by atoms with van der Waals surface area (Å²) in [4.78, 5) is 27.1. The van der Waals surface area contributed by atoms with E-state index in [0.717, 1.165) is 5.56 Å². The second kappa shape index (κ2) is 7.72. The van der Waals surface area contributed by atoms with E-state index < -0.39 is 17.6 Å². The molecule has 140 valence electrons. The number of carbonyl (C=O) groups is 2. The van der Waals surface area contributed by atoms with Gasteiger partial charge < -0.3 is 14.2 Å². The first-order chi connectivity index (χ1) is 12.1. The molecule has 0 spiro atoms. The Labute approximate surface area is 154 Å². The van der Waals surface area contributed by atoms with Crippen LogP contribution in [0.1, 0.15) is 55.1 Å². The molecule has 0 unspecified atom stereocenters. The molecule has 6 heteroatoms. The number of aryl methyl sites for hydroxylation is 2. The highest BCUT2D eigenvalue weighted by Gasteiger charge is 2.32. The summed E-state index contributed by atoms with van der Waals surface area (Å²) in [5, 5.41) is 3.75. The van der Waals surface area contributed by atoms with Gasteiger partial charge in [-0.3, -0.25) is 4.79 Å². The Morgan fingerprint density at radius 2 is 1.81 bits per heavy atom. The zero-order valence-corrected chi connectivity index (χ0v) is 16.2. The smallest absolute Gasteiger partial charge is 0.344 e. The van der Waals surface area contributed by atoms with E-state index in [1.54, 1.807) is 25.7 Å². The maximum absolute atomic E-state index is 13.0. The van der Waals surface area contributed by atoms with Gasteiger partial charge in [0.1, 0.15) is 11.3 Å². The van der Waals surface area contributed by atoms with E-state index in [2.05, 4.69) is 5.16 Å². The molecule has 1 aromatic carbocycles. The Morgan fingerprint density at radius 3 is 2.31 bits per heavy atom. The van der Waals surface area contributed by atoms with E-state index in [9.17, 15) is 9.59 Å². The summed E-state index contributed by atoms with van der Waals surface area (Å²) in [6.45, 7) is 11.2. The van der Waals surface area contributed by atoms with Crippen molar-refractivity contribution in [2.24, 2.45) is 0 Å². The lowest BCUT2D eigenvalue weighted by Gasteiger charge is -2.37. The average Bonchev–Trinajstić information content (AvgIpc) is 2.90. The Kier molecular flexibility index (Phi) is 5.85. The molecule has 26 heavy (non-hydrogen) atoms. The first kappa shape index (κ1) is 19.7. The molecule has 0 bridgehead atoms. The van der Waals surface area contributed by atoms with Gasteiger partial charge in [0, 0.05) is 12.1 Å². The minimum absolute atomic E-state index is 0.249. The monoisotopic (exact) mass is 358 g/mol. The van der Waals surface area contributed by atoms with E-state index in [-0.39, 0.29) is 11.5 Å². The second-order valence-corrected chi connectivity index (χ2v) is 7.33. The van der Waals surface area contributed by atoms with Crippen LogP contribution in [0.2, 0.25) is 0 Å². The quantitative estimate of drug-likeness (QED) is 0.763. The SMILES string of the molecule is Cc1noc(C)c1C(=O)O[C@H](C)C(=O)N(Cc1ccccc1)C(C)(C)C. The maximum atomic E-state index is 13.0. The molecule has 0 saturated carbocycles. The molecule has 0 aliphatic heterocycles. The molecule has 0 saturated heterocycles. The Hall–Kier alpha value is -2.63. The lowest BCUT2D eigenvalue weighted by Crippen LogP contribution is -2.49. The molecule has 2 rings (SSSR count). The molecule has 0 N–H and O–H groups in total.